The molecule has 2 aliphatic heterocycles. The number of likely N-dealkylation sites (tertiary alicyclic amines) is 2. The van der Waals surface area contributed by atoms with Gasteiger partial charge in [-0.15, -0.1) is 0 Å². The molecule has 7 nitrogen and oxygen atoms in total. The van der Waals surface area contributed by atoms with Crippen molar-refractivity contribution >= 4 is 17.9 Å². The van der Waals surface area contributed by atoms with Crippen molar-refractivity contribution in [2.45, 2.75) is 25.7 Å². The summed E-state index contributed by atoms with van der Waals surface area (Å²) >= 11 is 0. The molecule has 2 aliphatic rings. The fraction of sp³-hybridized carbons (Fsp3) is 0.769. The average molecular weight is 283 g/mol. The van der Waals surface area contributed by atoms with E-state index < -0.39 is 5.97 Å². The number of carboxylic acid groups (broad SMARTS) is 1. The van der Waals surface area contributed by atoms with E-state index in [0.29, 0.717) is 25.9 Å². The fourth-order valence-electron chi connectivity index (χ4n) is 2.75. The van der Waals surface area contributed by atoms with Crippen molar-refractivity contribution < 1.29 is 19.5 Å². The van der Waals surface area contributed by atoms with E-state index in [4.69, 9.17) is 5.11 Å². The molecule has 2 saturated heterocycles. The van der Waals surface area contributed by atoms with Gasteiger partial charge < -0.3 is 20.2 Å². The molecule has 0 radical (unpaired) electrons. The lowest BCUT2D eigenvalue weighted by atomic mass is 9.96. The minimum absolute atomic E-state index is 0.0758. The Balaban J connectivity index is 1.75. The molecule has 20 heavy (non-hydrogen) atoms. The molecule has 0 aromatic rings. The van der Waals surface area contributed by atoms with Crippen LogP contribution in [-0.4, -0.2) is 65.5 Å². The van der Waals surface area contributed by atoms with Gasteiger partial charge >= 0.3 is 12.0 Å². The maximum absolute atomic E-state index is 12.2. The molecule has 0 saturated carbocycles. The largest absolute Gasteiger partial charge is 0.480 e. The van der Waals surface area contributed by atoms with Crippen molar-refractivity contribution in [3.05, 3.63) is 0 Å². The summed E-state index contributed by atoms with van der Waals surface area (Å²) in [6.45, 7) is 2.46. The molecule has 7 heteroatoms. The summed E-state index contributed by atoms with van der Waals surface area (Å²) in [5, 5.41) is 10.9. The fourth-order valence-corrected chi connectivity index (χ4v) is 2.75. The monoisotopic (exact) mass is 283 g/mol. The van der Waals surface area contributed by atoms with Crippen molar-refractivity contribution in [1.29, 1.82) is 0 Å². The van der Waals surface area contributed by atoms with E-state index in [-0.39, 0.29) is 24.4 Å². The van der Waals surface area contributed by atoms with Gasteiger partial charge in [0.2, 0.25) is 5.91 Å². The van der Waals surface area contributed by atoms with Crippen molar-refractivity contribution in [3.8, 4) is 0 Å². The van der Waals surface area contributed by atoms with Crippen molar-refractivity contribution in [1.82, 2.24) is 15.1 Å². The Morgan fingerprint density at radius 1 is 1.00 bits per heavy atom. The molecule has 2 heterocycles. The van der Waals surface area contributed by atoms with Gasteiger partial charge in [0, 0.05) is 32.1 Å². The summed E-state index contributed by atoms with van der Waals surface area (Å²) < 4.78 is 0. The van der Waals surface area contributed by atoms with Gasteiger partial charge in [0.1, 0.15) is 6.54 Å². The number of carbonyl (C=O) groups is 3. The SMILES string of the molecule is O=C(O)CNC(=O)C1CCN(C(=O)N2CCCC2)CC1. The van der Waals surface area contributed by atoms with E-state index >= 15 is 0 Å². The van der Waals surface area contributed by atoms with E-state index in [9.17, 15) is 14.4 Å². The number of nitrogens with zero attached hydrogens (tertiary/aromatic N) is 2. The van der Waals surface area contributed by atoms with E-state index in [2.05, 4.69) is 5.32 Å². The van der Waals surface area contributed by atoms with Crippen LogP contribution >= 0.6 is 0 Å². The number of carboxylic acids is 1. The smallest absolute Gasteiger partial charge is 0.322 e. The number of hydrogen-bond acceptors (Lipinski definition) is 3. The summed E-state index contributed by atoms with van der Waals surface area (Å²) in [6, 6.07) is 0.0758. The molecule has 0 atom stereocenters. The molecule has 2 N–H and O–H groups in total. The van der Waals surface area contributed by atoms with Gasteiger partial charge in [0.05, 0.1) is 0 Å². The lowest BCUT2D eigenvalue weighted by molar-refractivity contribution is -0.138. The molecule has 0 aromatic heterocycles. The van der Waals surface area contributed by atoms with Gasteiger partial charge in [0.25, 0.3) is 0 Å². The molecule has 112 valence electrons. The summed E-state index contributed by atoms with van der Waals surface area (Å²) in [4.78, 5) is 38.0. The number of rotatable bonds is 3. The topological polar surface area (TPSA) is 90.0 Å². The maximum atomic E-state index is 12.2. The van der Waals surface area contributed by atoms with Gasteiger partial charge in [-0.05, 0) is 25.7 Å². The minimum Gasteiger partial charge on any atom is -0.480 e. The Morgan fingerprint density at radius 3 is 2.10 bits per heavy atom. The van der Waals surface area contributed by atoms with E-state index in [0.717, 1.165) is 25.9 Å². The molecule has 0 aliphatic carbocycles. The van der Waals surface area contributed by atoms with E-state index in [1.165, 1.54) is 0 Å². The zero-order valence-corrected chi connectivity index (χ0v) is 11.5. The van der Waals surface area contributed by atoms with Crippen LogP contribution in [-0.2, 0) is 9.59 Å². The number of carbonyl (C=O) groups excluding carboxylic acids is 2. The average Bonchev–Trinajstić information content (AvgIpc) is 2.98. The predicted molar refractivity (Wildman–Crippen MR) is 71.1 cm³/mol. The molecule has 2 rings (SSSR count). The van der Waals surface area contributed by atoms with Crippen molar-refractivity contribution in [3.63, 3.8) is 0 Å². The summed E-state index contributed by atoms with van der Waals surface area (Å²) in [7, 11) is 0. The lowest BCUT2D eigenvalue weighted by Gasteiger charge is -2.33. The zero-order chi connectivity index (χ0) is 14.5. The number of hydrogen-bond donors (Lipinski definition) is 2. The number of amides is 3. The second-order valence-electron chi connectivity index (χ2n) is 5.35. The second kappa shape index (κ2) is 6.58. The number of urea groups is 1. The Morgan fingerprint density at radius 2 is 1.55 bits per heavy atom. The molecule has 3 amide bonds. The summed E-state index contributed by atoms with van der Waals surface area (Å²) in [5.41, 5.74) is 0. The standard InChI is InChI=1S/C13H21N3O4/c17-11(18)9-14-12(19)10-3-7-16(8-4-10)13(20)15-5-1-2-6-15/h10H,1-9H2,(H,14,19)(H,17,18). The number of aliphatic carboxylic acids is 1. The van der Waals surface area contributed by atoms with Crippen molar-refractivity contribution in [2.75, 3.05) is 32.7 Å². The quantitative estimate of drug-likeness (QED) is 0.769. The third-order valence-corrected chi connectivity index (χ3v) is 3.93. The Labute approximate surface area is 117 Å². The second-order valence-corrected chi connectivity index (χ2v) is 5.35. The van der Waals surface area contributed by atoms with Crippen LogP contribution in [0.25, 0.3) is 0 Å². The minimum atomic E-state index is -1.04. The highest BCUT2D eigenvalue weighted by molar-refractivity contribution is 5.83. The molecular formula is C13H21N3O4. The number of piperidine rings is 1. The van der Waals surface area contributed by atoms with Gasteiger partial charge in [-0.2, -0.15) is 0 Å². The molecule has 0 unspecified atom stereocenters. The van der Waals surface area contributed by atoms with Crippen LogP contribution in [0, 0.1) is 5.92 Å². The number of nitrogens with one attached hydrogen (secondary N) is 1. The third-order valence-electron chi connectivity index (χ3n) is 3.93. The Hall–Kier alpha value is -1.79. The van der Waals surface area contributed by atoms with Crippen LogP contribution in [0.1, 0.15) is 25.7 Å². The third kappa shape index (κ3) is 3.61. The highest BCUT2D eigenvalue weighted by atomic mass is 16.4. The Kier molecular flexibility index (Phi) is 4.81. The maximum Gasteiger partial charge on any atom is 0.322 e. The molecule has 0 aromatic carbocycles. The van der Waals surface area contributed by atoms with Crippen LogP contribution in [0.3, 0.4) is 0 Å². The molecule has 0 bridgehead atoms. The van der Waals surface area contributed by atoms with Crippen LogP contribution in [0.15, 0.2) is 0 Å². The highest BCUT2D eigenvalue weighted by Gasteiger charge is 2.30. The molecular weight excluding hydrogens is 262 g/mol. The summed E-state index contributed by atoms with van der Waals surface area (Å²) in [5.74, 6) is -1.45. The lowest BCUT2D eigenvalue weighted by Crippen LogP contribution is -2.48. The zero-order valence-electron chi connectivity index (χ0n) is 11.5. The first-order valence-electron chi connectivity index (χ1n) is 7.11. The first-order valence-corrected chi connectivity index (χ1v) is 7.11. The van der Waals surface area contributed by atoms with Crippen LogP contribution in [0.5, 0.6) is 0 Å². The van der Waals surface area contributed by atoms with Crippen molar-refractivity contribution in [2.24, 2.45) is 5.92 Å². The van der Waals surface area contributed by atoms with Gasteiger partial charge in [-0.25, -0.2) is 4.79 Å². The van der Waals surface area contributed by atoms with Gasteiger partial charge in [-0.1, -0.05) is 0 Å². The first kappa shape index (κ1) is 14.6. The first-order chi connectivity index (χ1) is 9.58. The highest BCUT2D eigenvalue weighted by Crippen LogP contribution is 2.20. The van der Waals surface area contributed by atoms with Crippen LogP contribution < -0.4 is 5.32 Å². The van der Waals surface area contributed by atoms with Crippen LogP contribution in [0.2, 0.25) is 0 Å². The normalized spacial score (nSPS) is 20.0. The molecule has 0 spiro atoms. The van der Waals surface area contributed by atoms with Gasteiger partial charge in [-0.3, -0.25) is 9.59 Å². The van der Waals surface area contributed by atoms with E-state index in [1.54, 1.807) is 4.90 Å². The van der Waals surface area contributed by atoms with Crippen LogP contribution in [0.4, 0.5) is 4.79 Å². The van der Waals surface area contributed by atoms with E-state index in [1.807, 2.05) is 4.90 Å². The summed E-state index contributed by atoms with van der Waals surface area (Å²) in [6.07, 6.45) is 3.34. The van der Waals surface area contributed by atoms with Gasteiger partial charge in [0.15, 0.2) is 0 Å². The molecule has 2 fully saturated rings. The predicted octanol–water partition coefficient (Wildman–Crippen LogP) is 0.115. The Bertz CT molecular complexity index is 385.